The summed E-state index contributed by atoms with van der Waals surface area (Å²) in [5.74, 6) is 2.39. The van der Waals surface area contributed by atoms with Gasteiger partial charge in [0, 0.05) is 24.3 Å². The van der Waals surface area contributed by atoms with Gasteiger partial charge in [0.1, 0.15) is 0 Å². The molecule has 0 amide bonds. The maximum Gasteiger partial charge on any atom is 0.0468 e. The average molecular weight is 295 g/mol. The number of aliphatic imine (C=N–C) groups is 1. The predicted octanol–water partition coefficient (Wildman–Crippen LogP) is 4.25. The topological polar surface area (TPSA) is 32.6 Å². The third-order valence-corrected chi connectivity index (χ3v) is 4.67. The van der Waals surface area contributed by atoms with Gasteiger partial charge >= 0.3 is 0 Å². The Hall–Kier alpha value is -0.540. The number of allylic oxidation sites excluding steroid dienone is 4. The van der Waals surface area contributed by atoms with E-state index in [1.165, 1.54) is 24.3 Å². The van der Waals surface area contributed by atoms with E-state index in [4.69, 9.17) is 10.1 Å². The molecule has 2 unspecified atom stereocenters. The van der Waals surface area contributed by atoms with E-state index in [9.17, 15) is 0 Å². The van der Waals surface area contributed by atoms with Crippen LogP contribution >= 0.6 is 11.8 Å². The molecule has 1 rings (SSSR count). The summed E-state index contributed by atoms with van der Waals surface area (Å²) in [7, 11) is 0. The third kappa shape index (κ3) is 7.91. The van der Waals surface area contributed by atoms with Crippen molar-refractivity contribution in [1.29, 1.82) is 0 Å². The second kappa shape index (κ2) is 10.2. The van der Waals surface area contributed by atoms with Crippen LogP contribution in [0.2, 0.25) is 0 Å². The molecule has 2 nitrogen and oxygen atoms in total. The highest BCUT2D eigenvalue weighted by atomic mass is 32.2. The molecule has 0 bridgehead atoms. The SMILES string of the molecule is CC(CCCSCCCCO)N=CC1(C)C=CC=CC1. The second-order valence-corrected chi connectivity index (χ2v) is 7.03. The fraction of sp³-hybridized carbons (Fsp3) is 0.706. The van der Waals surface area contributed by atoms with Gasteiger partial charge in [0.05, 0.1) is 0 Å². The van der Waals surface area contributed by atoms with Gasteiger partial charge in [-0.05, 0) is 50.5 Å². The average Bonchev–Trinajstić information content (AvgIpc) is 2.45. The molecule has 3 heteroatoms. The normalized spacial score (nSPS) is 23.6. The summed E-state index contributed by atoms with van der Waals surface area (Å²) in [5, 5.41) is 8.70. The Balaban J connectivity index is 2.09. The van der Waals surface area contributed by atoms with Crippen molar-refractivity contribution in [2.24, 2.45) is 10.4 Å². The van der Waals surface area contributed by atoms with Crippen molar-refractivity contribution in [3.63, 3.8) is 0 Å². The van der Waals surface area contributed by atoms with E-state index < -0.39 is 0 Å². The Bertz CT molecular complexity index is 338. The van der Waals surface area contributed by atoms with E-state index in [-0.39, 0.29) is 5.41 Å². The first kappa shape index (κ1) is 17.5. The molecule has 0 fully saturated rings. The van der Waals surface area contributed by atoms with Gasteiger partial charge in [-0.3, -0.25) is 4.99 Å². The summed E-state index contributed by atoms with van der Waals surface area (Å²) in [6.45, 7) is 4.77. The molecule has 1 aliphatic rings. The van der Waals surface area contributed by atoms with Crippen LogP contribution in [0.3, 0.4) is 0 Å². The summed E-state index contributed by atoms with van der Waals surface area (Å²) in [5.41, 5.74) is 0.113. The van der Waals surface area contributed by atoms with E-state index in [0.717, 1.165) is 19.3 Å². The van der Waals surface area contributed by atoms with Crippen LogP contribution in [0.5, 0.6) is 0 Å². The highest BCUT2D eigenvalue weighted by molar-refractivity contribution is 7.99. The van der Waals surface area contributed by atoms with Gasteiger partial charge in [0.25, 0.3) is 0 Å². The van der Waals surface area contributed by atoms with Crippen molar-refractivity contribution in [1.82, 2.24) is 0 Å². The molecule has 0 heterocycles. The summed E-state index contributed by atoms with van der Waals surface area (Å²) in [6, 6.07) is 0.421. The molecular formula is C17H29NOS. The van der Waals surface area contributed by atoms with Crippen molar-refractivity contribution >= 4 is 18.0 Å². The number of aliphatic hydroxyl groups is 1. The minimum absolute atomic E-state index is 0.113. The van der Waals surface area contributed by atoms with E-state index in [2.05, 4.69) is 44.4 Å². The van der Waals surface area contributed by atoms with Gasteiger partial charge in [0.15, 0.2) is 0 Å². The molecule has 114 valence electrons. The molecule has 2 atom stereocenters. The summed E-state index contributed by atoms with van der Waals surface area (Å²) < 4.78 is 0. The molecule has 0 aromatic rings. The van der Waals surface area contributed by atoms with Gasteiger partial charge in [-0.25, -0.2) is 0 Å². The van der Waals surface area contributed by atoms with Gasteiger partial charge in [-0.2, -0.15) is 11.8 Å². The highest BCUT2D eigenvalue weighted by Gasteiger charge is 2.18. The van der Waals surface area contributed by atoms with Crippen LogP contribution in [0.1, 0.15) is 46.0 Å². The number of hydrogen-bond donors (Lipinski definition) is 1. The maximum absolute atomic E-state index is 8.70. The number of hydrogen-bond acceptors (Lipinski definition) is 3. The monoisotopic (exact) mass is 295 g/mol. The molecule has 0 spiro atoms. The summed E-state index contributed by atoms with van der Waals surface area (Å²) in [6.07, 6.45) is 16.3. The van der Waals surface area contributed by atoms with Crippen LogP contribution in [0, 0.1) is 5.41 Å². The summed E-state index contributed by atoms with van der Waals surface area (Å²) >= 11 is 2.00. The molecule has 0 aliphatic heterocycles. The largest absolute Gasteiger partial charge is 0.396 e. The van der Waals surface area contributed by atoms with Crippen molar-refractivity contribution in [2.75, 3.05) is 18.1 Å². The Morgan fingerprint density at radius 1 is 1.30 bits per heavy atom. The molecule has 0 saturated carbocycles. The standard InChI is InChI=1S/C17H29NOS/c1-16(9-8-14-20-13-7-6-12-19)18-15-17(2)10-4-3-5-11-17/h3-5,10,15-16,19H,6-9,11-14H2,1-2H3. The predicted molar refractivity (Wildman–Crippen MR) is 91.8 cm³/mol. The van der Waals surface area contributed by atoms with Crippen LogP contribution in [0.25, 0.3) is 0 Å². The van der Waals surface area contributed by atoms with Crippen LogP contribution in [-0.4, -0.2) is 35.5 Å². The zero-order valence-corrected chi connectivity index (χ0v) is 13.7. The Labute approximate surface area is 128 Å². The molecule has 1 aliphatic carbocycles. The van der Waals surface area contributed by atoms with Crippen molar-refractivity contribution in [2.45, 2.75) is 52.0 Å². The number of aliphatic hydroxyl groups excluding tert-OH is 1. The molecule has 20 heavy (non-hydrogen) atoms. The molecule has 0 radical (unpaired) electrons. The van der Waals surface area contributed by atoms with Crippen LogP contribution in [0.15, 0.2) is 29.3 Å². The van der Waals surface area contributed by atoms with E-state index in [1.54, 1.807) is 0 Å². The third-order valence-electron chi connectivity index (χ3n) is 3.51. The first-order chi connectivity index (χ1) is 9.66. The quantitative estimate of drug-likeness (QED) is 0.482. The molecule has 1 N–H and O–H groups in total. The first-order valence-electron chi connectivity index (χ1n) is 7.73. The molecular weight excluding hydrogens is 266 g/mol. The van der Waals surface area contributed by atoms with Crippen LogP contribution in [-0.2, 0) is 0 Å². The van der Waals surface area contributed by atoms with E-state index >= 15 is 0 Å². The van der Waals surface area contributed by atoms with Gasteiger partial charge in [0.2, 0.25) is 0 Å². The van der Waals surface area contributed by atoms with Crippen LogP contribution in [0.4, 0.5) is 0 Å². The number of unbranched alkanes of at least 4 members (excludes halogenated alkanes) is 1. The molecule has 0 aromatic carbocycles. The highest BCUT2D eigenvalue weighted by Crippen LogP contribution is 2.25. The lowest BCUT2D eigenvalue weighted by atomic mass is 9.85. The maximum atomic E-state index is 8.70. The number of thioether (sulfide) groups is 1. The lowest BCUT2D eigenvalue weighted by Gasteiger charge is -2.21. The van der Waals surface area contributed by atoms with Gasteiger partial charge < -0.3 is 5.11 Å². The fourth-order valence-corrected chi connectivity index (χ4v) is 3.09. The van der Waals surface area contributed by atoms with Crippen molar-refractivity contribution < 1.29 is 5.11 Å². The summed E-state index contributed by atoms with van der Waals surface area (Å²) in [4.78, 5) is 4.71. The lowest BCUT2D eigenvalue weighted by Crippen LogP contribution is -2.16. The Morgan fingerprint density at radius 3 is 2.80 bits per heavy atom. The Kier molecular flexibility index (Phi) is 8.95. The van der Waals surface area contributed by atoms with Crippen LogP contribution < -0.4 is 0 Å². The molecule has 0 saturated heterocycles. The minimum Gasteiger partial charge on any atom is -0.396 e. The zero-order chi connectivity index (χ0) is 14.7. The first-order valence-corrected chi connectivity index (χ1v) is 8.89. The second-order valence-electron chi connectivity index (χ2n) is 5.81. The van der Waals surface area contributed by atoms with E-state index in [1.807, 2.05) is 11.8 Å². The smallest absolute Gasteiger partial charge is 0.0468 e. The van der Waals surface area contributed by atoms with E-state index in [0.29, 0.717) is 12.6 Å². The minimum atomic E-state index is 0.113. The number of nitrogens with zero attached hydrogens (tertiary/aromatic N) is 1. The fourth-order valence-electron chi connectivity index (χ4n) is 2.11. The number of rotatable bonds is 10. The zero-order valence-electron chi connectivity index (χ0n) is 12.9. The van der Waals surface area contributed by atoms with Crippen molar-refractivity contribution in [3.8, 4) is 0 Å². The van der Waals surface area contributed by atoms with Gasteiger partial charge in [-0.15, -0.1) is 0 Å². The van der Waals surface area contributed by atoms with Crippen molar-refractivity contribution in [3.05, 3.63) is 24.3 Å². The Morgan fingerprint density at radius 2 is 2.10 bits per heavy atom. The van der Waals surface area contributed by atoms with Gasteiger partial charge in [-0.1, -0.05) is 31.2 Å². The molecule has 0 aromatic heterocycles. The lowest BCUT2D eigenvalue weighted by molar-refractivity contribution is 0.287.